The summed E-state index contributed by atoms with van der Waals surface area (Å²) in [6.07, 6.45) is 6.37. The van der Waals surface area contributed by atoms with Crippen molar-refractivity contribution >= 4 is 11.6 Å². The number of carbonyl (C=O) groups is 1. The summed E-state index contributed by atoms with van der Waals surface area (Å²) in [5.41, 5.74) is 8.98. The Hall–Kier alpha value is -2.60. The van der Waals surface area contributed by atoms with Crippen molar-refractivity contribution in [3.63, 3.8) is 0 Å². The highest BCUT2D eigenvalue weighted by molar-refractivity contribution is 5.94. The lowest BCUT2D eigenvalue weighted by Crippen LogP contribution is -2.45. The van der Waals surface area contributed by atoms with Crippen molar-refractivity contribution in [2.75, 3.05) is 31.6 Å². The summed E-state index contributed by atoms with van der Waals surface area (Å²) in [5, 5.41) is 0. The quantitative estimate of drug-likeness (QED) is 0.904. The molecule has 1 aromatic heterocycles. The topological polar surface area (TPSA) is 71.7 Å². The van der Waals surface area contributed by atoms with Crippen LogP contribution in [0.2, 0.25) is 0 Å². The van der Waals surface area contributed by atoms with Gasteiger partial charge in [0.05, 0.1) is 6.61 Å². The number of anilines is 1. The Morgan fingerprint density at radius 2 is 1.93 bits per heavy atom. The molecule has 1 fully saturated rings. The Labute approximate surface area is 159 Å². The minimum Gasteiger partial charge on any atom is -0.493 e. The molecular weight excluding hydrogens is 340 g/mol. The molecule has 6 heteroatoms. The van der Waals surface area contributed by atoms with Crippen LogP contribution < -0.4 is 15.4 Å². The number of hydrogen-bond acceptors (Lipinski definition) is 5. The number of nitrogens with zero attached hydrogens (tertiary/aromatic N) is 3. The standard InChI is InChI=1S/C21H26N4O2/c1-24(16-6-11-25(12-7-16)17-4-9-23-10-5-17)21(26)15-2-3-18-19(22)8-13-27-20(18)14-15/h2-5,9-10,14,16,19H,6-8,11-13,22H2,1H3/t19-/m1/s1. The maximum atomic E-state index is 13.0. The summed E-state index contributed by atoms with van der Waals surface area (Å²) in [6.45, 7) is 2.48. The summed E-state index contributed by atoms with van der Waals surface area (Å²) in [4.78, 5) is 21.3. The molecule has 4 rings (SSSR count). The zero-order chi connectivity index (χ0) is 18.8. The molecule has 1 saturated heterocycles. The van der Waals surface area contributed by atoms with Crippen molar-refractivity contribution in [2.24, 2.45) is 5.73 Å². The highest BCUT2D eigenvalue weighted by atomic mass is 16.5. The number of rotatable bonds is 3. The third-order valence-corrected chi connectivity index (χ3v) is 5.71. The third-order valence-electron chi connectivity index (χ3n) is 5.71. The maximum absolute atomic E-state index is 13.0. The number of ether oxygens (including phenoxy) is 1. The number of nitrogens with two attached hydrogens (primary N) is 1. The minimum atomic E-state index is -0.00635. The summed E-state index contributed by atoms with van der Waals surface area (Å²) < 4.78 is 5.71. The fourth-order valence-electron chi connectivity index (χ4n) is 3.99. The van der Waals surface area contributed by atoms with Crippen LogP contribution in [0.1, 0.15) is 41.2 Å². The van der Waals surface area contributed by atoms with E-state index in [-0.39, 0.29) is 18.0 Å². The zero-order valence-electron chi connectivity index (χ0n) is 15.7. The molecule has 2 N–H and O–H groups in total. The normalized spacial score (nSPS) is 19.9. The van der Waals surface area contributed by atoms with Gasteiger partial charge < -0.3 is 20.3 Å². The van der Waals surface area contributed by atoms with E-state index in [9.17, 15) is 4.79 Å². The lowest BCUT2D eigenvalue weighted by Gasteiger charge is -2.38. The molecule has 0 radical (unpaired) electrons. The largest absolute Gasteiger partial charge is 0.493 e. The molecule has 2 aliphatic heterocycles. The van der Waals surface area contributed by atoms with Crippen molar-refractivity contribution in [2.45, 2.75) is 31.3 Å². The molecule has 1 aromatic carbocycles. The summed E-state index contributed by atoms with van der Waals surface area (Å²) in [7, 11) is 1.90. The van der Waals surface area contributed by atoms with E-state index in [0.717, 1.165) is 43.7 Å². The second kappa shape index (κ2) is 7.56. The third kappa shape index (κ3) is 3.62. The number of piperidine rings is 1. The Morgan fingerprint density at radius 3 is 2.67 bits per heavy atom. The van der Waals surface area contributed by atoms with E-state index in [0.29, 0.717) is 12.2 Å². The van der Waals surface area contributed by atoms with Crippen LogP contribution >= 0.6 is 0 Å². The van der Waals surface area contributed by atoms with E-state index in [2.05, 4.69) is 9.88 Å². The van der Waals surface area contributed by atoms with Gasteiger partial charge in [-0.15, -0.1) is 0 Å². The van der Waals surface area contributed by atoms with E-state index in [1.54, 1.807) is 0 Å². The molecule has 0 aliphatic carbocycles. The molecule has 27 heavy (non-hydrogen) atoms. The Morgan fingerprint density at radius 1 is 1.19 bits per heavy atom. The van der Waals surface area contributed by atoms with Crippen molar-refractivity contribution in [1.29, 1.82) is 0 Å². The van der Waals surface area contributed by atoms with Gasteiger partial charge in [-0.25, -0.2) is 0 Å². The predicted molar refractivity (Wildman–Crippen MR) is 105 cm³/mol. The molecule has 6 nitrogen and oxygen atoms in total. The fraction of sp³-hybridized carbons (Fsp3) is 0.429. The number of carbonyl (C=O) groups excluding carboxylic acids is 1. The SMILES string of the molecule is CN(C(=O)c1ccc2c(c1)OCC[C@H]2N)C1CCN(c2ccncc2)CC1. The van der Waals surface area contributed by atoms with Crippen LogP contribution in [0.3, 0.4) is 0 Å². The molecule has 1 atom stereocenters. The average molecular weight is 366 g/mol. The second-order valence-electron chi connectivity index (χ2n) is 7.34. The molecule has 0 spiro atoms. The Bertz CT molecular complexity index is 803. The smallest absolute Gasteiger partial charge is 0.253 e. The van der Waals surface area contributed by atoms with Gasteiger partial charge >= 0.3 is 0 Å². The average Bonchev–Trinajstić information content (AvgIpc) is 2.73. The first-order valence-electron chi connectivity index (χ1n) is 9.58. The van der Waals surface area contributed by atoms with Gasteiger partial charge in [0.15, 0.2) is 0 Å². The fourth-order valence-corrected chi connectivity index (χ4v) is 3.99. The molecule has 142 valence electrons. The molecule has 1 amide bonds. The molecule has 3 heterocycles. The summed E-state index contributed by atoms with van der Waals surface area (Å²) in [5.74, 6) is 0.795. The molecular formula is C21H26N4O2. The number of pyridine rings is 1. The van der Waals surface area contributed by atoms with Gasteiger partial charge in [-0.2, -0.15) is 0 Å². The summed E-state index contributed by atoms with van der Waals surface area (Å²) in [6, 6.07) is 9.96. The molecule has 0 bridgehead atoms. The van der Waals surface area contributed by atoms with Gasteiger partial charge in [0.2, 0.25) is 0 Å². The lowest BCUT2D eigenvalue weighted by atomic mass is 9.98. The first-order valence-corrected chi connectivity index (χ1v) is 9.58. The second-order valence-corrected chi connectivity index (χ2v) is 7.34. The number of benzene rings is 1. The predicted octanol–water partition coefficient (Wildman–Crippen LogP) is 2.60. The van der Waals surface area contributed by atoms with E-state index in [1.165, 1.54) is 5.69 Å². The Balaban J connectivity index is 1.41. The minimum absolute atomic E-state index is 0.00635. The van der Waals surface area contributed by atoms with Crippen LogP contribution in [-0.2, 0) is 0 Å². The maximum Gasteiger partial charge on any atom is 0.253 e. The van der Waals surface area contributed by atoms with Crippen LogP contribution in [0.5, 0.6) is 5.75 Å². The van der Waals surface area contributed by atoms with Crippen LogP contribution in [-0.4, -0.2) is 48.6 Å². The molecule has 2 aliphatic rings. The van der Waals surface area contributed by atoms with Gasteiger partial charge in [0.1, 0.15) is 5.75 Å². The molecule has 0 saturated carbocycles. The van der Waals surface area contributed by atoms with Crippen LogP contribution in [0.4, 0.5) is 5.69 Å². The van der Waals surface area contributed by atoms with Crippen molar-refractivity contribution in [3.05, 3.63) is 53.9 Å². The van der Waals surface area contributed by atoms with Crippen LogP contribution in [0.15, 0.2) is 42.7 Å². The van der Waals surface area contributed by atoms with E-state index < -0.39 is 0 Å². The number of amides is 1. The van der Waals surface area contributed by atoms with Gasteiger partial charge in [-0.05, 0) is 37.1 Å². The zero-order valence-corrected chi connectivity index (χ0v) is 15.7. The van der Waals surface area contributed by atoms with Gasteiger partial charge in [-0.3, -0.25) is 9.78 Å². The lowest BCUT2D eigenvalue weighted by molar-refractivity contribution is 0.0708. The highest BCUT2D eigenvalue weighted by Crippen LogP contribution is 2.32. The summed E-state index contributed by atoms with van der Waals surface area (Å²) >= 11 is 0. The Kier molecular flexibility index (Phi) is 4.99. The van der Waals surface area contributed by atoms with Crippen molar-refractivity contribution in [1.82, 2.24) is 9.88 Å². The number of hydrogen-bond donors (Lipinski definition) is 1. The first kappa shape index (κ1) is 17.8. The van der Waals surface area contributed by atoms with Crippen LogP contribution in [0, 0.1) is 0 Å². The van der Waals surface area contributed by atoms with E-state index in [4.69, 9.17) is 10.5 Å². The molecule has 2 aromatic rings. The number of fused-ring (bicyclic) bond motifs is 1. The van der Waals surface area contributed by atoms with Crippen molar-refractivity contribution < 1.29 is 9.53 Å². The van der Waals surface area contributed by atoms with E-state index in [1.807, 2.05) is 54.7 Å². The molecule has 0 unspecified atom stereocenters. The van der Waals surface area contributed by atoms with Crippen LogP contribution in [0.25, 0.3) is 0 Å². The van der Waals surface area contributed by atoms with E-state index >= 15 is 0 Å². The number of aromatic nitrogens is 1. The van der Waals surface area contributed by atoms with Gasteiger partial charge in [0.25, 0.3) is 5.91 Å². The van der Waals surface area contributed by atoms with Gasteiger partial charge in [0, 0.05) is 67.8 Å². The monoisotopic (exact) mass is 366 g/mol. The van der Waals surface area contributed by atoms with Crippen molar-refractivity contribution in [3.8, 4) is 5.75 Å². The highest BCUT2D eigenvalue weighted by Gasteiger charge is 2.27. The van der Waals surface area contributed by atoms with Gasteiger partial charge in [-0.1, -0.05) is 6.07 Å². The first-order chi connectivity index (χ1) is 13.1.